The van der Waals surface area contributed by atoms with Crippen LogP contribution in [-0.2, 0) is 0 Å². The van der Waals surface area contributed by atoms with Gasteiger partial charge in [0.2, 0.25) is 0 Å². The molecule has 5 nitrogen and oxygen atoms in total. The first-order chi connectivity index (χ1) is 11.6. The molecule has 24 heavy (non-hydrogen) atoms. The second kappa shape index (κ2) is 7.13. The van der Waals surface area contributed by atoms with Gasteiger partial charge in [0.25, 0.3) is 5.91 Å². The fourth-order valence-corrected chi connectivity index (χ4v) is 3.18. The van der Waals surface area contributed by atoms with E-state index in [1.807, 2.05) is 19.1 Å². The van der Waals surface area contributed by atoms with Gasteiger partial charge in [0.15, 0.2) is 11.5 Å². The van der Waals surface area contributed by atoms with E-state index in [0.29, 0.717) is 36.0 Å². The molecule has 0 radical (unpaired) electrons. The van der Waals surface area contributed by atoms with Crippen molar-refractivity contribution in [2.24, 2.45) is 0 Å². The van der Waals surface area contributed by atoms with Gasteiger partial charge in [-0.25, -0.2) is 0 Å². The summed E-state index contributed by atoms with van der Waals surface area (Å²) in [5.41, 5.74) is 1.51. The van der Waals surface area contributed by atoms with Crippen LogP contribution in [0.5, 0.6) is 17.2 Å². The largest absolute Gasteiger partial charge is 0.497 e. The average molecular weight is 392 g/mol. The molecule has 1 heterocycles. The van der Waals surface area contributed by atoms with Gasteiger partial charge in [-0.15, -0.1) is 0 Å². The van der Waals surface area contributed by atoms with Crippen LogP contribution in [0, 0.1) is 0 Å². The van der Waals surface area contributed by atoms with Gasteiger partial charge in [0.05, 0.1) is 13.2 Å². The van der Waals surface area contributed by atoms with E-state index in [9.17, 15) is 4.79 Å². The molecule has 1 unspecified atom stereocenters. The van der Waals surface area contributed by atoms with Crippen molar-refractivity contribution in [3.63, 3.8) is 0 Å². The van der Waals surface area contributed by atoms with Gasteiger partial charge in [-0.1, -0.05) is 15.9 Å². The predicted molar refractivity (Wildman–Crippen MR) is 94.0 cm³/mol. The summed E-state index contributed by atoms with van der Waals surface area (Å²) >= 11 is 3.54. The zero-order chi connectivity index (χ0) is 17.1. The van der Waals surface area contributed by atoms with Gasteiger partial charge >= 0.3 is 0 Å². The molecule has 0 aromatic heterocycles. The number of halogens is 1. The molecular formula is C18H18BrNO4. The zero-order valence-electron chi connectivity index (χ0n) is 13.5. The third-order valence-corrected chi connectivity index (χ3v) is 4.51. The Morgan fingerprint density at radius 3 is 2.42 bits per heavy atom. The molecule has 6 heteroatoms. The average Bonchev–Trinajstić information content (AvgIpc) is 2.61. The molecule has 2 aromatic carbocycles. The number of amides is 1. The number of benzene rings is 2. The molecule has 1 aliphatic rings. The number of nitrogens with one attached hydrogen (secondary N) is 1. The number of methoxy groups -OCH3 is 1. The number of hydrogen-bond acceptors (Lipinski definition) is 4. The van der Waals surface area contributed by atoms with Crippen molar-refractivity contribution >= 4 is 21.8 Å². The number of carbonyl (C=O) groups is 1. The number of fused-ring (bicyclic) bond motifs is 1. The SMILES string of the molecule is COc1ccc(C(=O)NC(C)c2cc3c(cc2Br)OCCO3)cc1. The lowest BCUT2D eigenvalue weighted by molar-refractivity contribution is 0.0939. The number of carbonyl (C=O) groups excluding carboxylic acids is 1. The Morgan fingerprint density at radius 1 is 1.17 bits per heavy atom. The second-order valence-corrected chi connectivity index (χ2v) is 6.30. The summed E-state index contributed by atoms with van der Waals surface area (Å²) in [5, 5.41) is 2.99. The molecule has 3 rings (SSSR count). The molecule has 0 saturated heterocycles. The molecule has 0 aliphatic carbocycles. The van der Waals surface area contributed by atoms with E-state index in [0.717, 1.165) is 10.0 Å². The maximum absolute atomic E-state index is 12.4. The standard InChI is InChI=1S/C18H18BrNO4/c1-11(20-18(21)12-3-5-13(22-2)6-4-12)14-9-16-17(10-15(14)19)24-8-7-23-16/h3-6,9-11H,7-8H2,1-2H3,(H,20,21). The Hall–Kier alpha value is -2.21. The van der Waals surface area contributed by atoms with Gasteiger partial charge in [0.1, 0.15) is 19.0 Å². The lowest BCUT2D eigenvalue weighted by Gasteiger charge is -2.22. The smallest absolute Gasteiger partial charge is 0.251 e. The highest BCUT2D eigenvalue weighted by Crippen LogP contribution is 2.37. The quantitative estimate of drug-likeness (QED) is 0.862. The topological polar surface area (TPSA) is 56.8 Å². The molecule has 126 valence electrons. The Balaban J connectivity index is 1.76. The second-order valence-electron chi connectivity index (χ2n) is 5.44. The first-order valence-electron chi connectivity index (χ1n) is 7.62. The fourth-order valence-electron chi connectivity index (χ4n) is 2.51. The summed E-state index contributed by atoms with van der Waals surface area (Å²) in [6, 6.07) is 10.6. The van der Waals surface area contributed by atoms with Gasteiger partial charge in [-0.2, -0.15) is 0 Å². The lowest BCUT2D eigenvalue weighted by Crippen LogP contribution is -2.27. The van der Waals surface area contributed by atoms with Crippen LogP contribution in [-0.4, -0.2) is 26.2 Å². The van der Waals surface area contributed by atoms with Crippen LogP contribution in [0.15, 0.2) is 40.9 Å². The van der Waals surface area contributed by atoms with Crippen molar-refractivity contribution < 1.29 is 19.0 Å². The van der Waals surface area contributed by atoms with Crippen molar-refractivity contribution in [3.8, 4) is 17.2 Å². The minimum atomic E-state index is -0.190. The first kappa shape index (κ1) is 16.6. The van der Waals surface area contributed by atoms with Crippen LogP contribution in [0.2, 0.25) is 0 Å². The van der Waals surface area contributed by atoms with Crippen molar-refractivity contribution in [1.29, 1.82) is 0 Å². The normalized spacial score (nSPS) is 14.0. The maximum Gasteiger partial charge on any atom is 0.251 e. The number of rotatable bonds is 4. The van der Waals surface area contributed by atoms with Gasteiger partial charge in [-0.3, -0.25) is 4.79 Å². The van der Waals surface area contributed by atoms with Crippen molar-refractivity contribution in [1.82, 2.24) is 5.32 Å². The monoisotopic (exact) mass is 391 g/mol. The minimum Gasteiger partial charge on any atom is -0.497 e. The summed E-state index contributed by atoms with van der Waals surface area (Å²) in [6.07, 6.45) is 0. The van der Waals surface area contributed by atoms with E-state index in [-0.39, 0.29) is 11.9 Å². The van der Waals surface area contributed by atoms with Crippen LogP contribution in [0.25, 0.3) is 0 Å². The molecule has 0 saturated carbocycles. The van der Waals surface area contributed by atoms with E-state index >= 15 is 0 Å². The van der Waals surface area contributed by atoms with Crippen LogP contribution < -0.4 is 19.5 Å². The Bertz CT molecular complexity index is 745. The summed E-state index contributed by atoms with van der Waals surface area (Å²) in [5.74, 6) is 1.98. The van der Waals surface area contributed by atoms with Crippen LogP contribution in [0.1, 0.15) is 28.9 Å². The highest BCUT2D eigenvalue weighted by Gasteiger charge is 2.19. The van der Waals surface area contributed by atoms with E-state index < -0.39 is 0 Å². The predicted octanol–water partition coefficient (Wildman–Crippen LogP) is 3.72. The van der Waals surface area contributed by atoms with E-state index in [4.69, 9.17) is 14.2 Å². The molecule has 1 N–H and O–H groups in total. The van der Waals surface area contributed by atoms with E-state index in [2.05, 4.69) is 21.2 Å². The van der Waals surface area contributed by atoms with Crippen LogP contribution in [0.4, 0.5) is 0 Å². The van der Waals surface area contributed by atoms with E-state index in [1.165, 1.54) is 0 Å². The van der Waals surface area contributed by atoms with Crippen LogP contribution >= 0.6 is 15.9 Å². The van der Waals surface area contributed by atoms with Crippen molar-refractivity contribution in [2.45, 2.75) is 13.0 Å². The molecule has 0 spiro atoms. The summed E-state index contributed by atoms with van der Waals surface area (Å²) in [6.45, 7) is 3.00. The zero-order valence-corrected chi connectivity index (χ0v) is 15.1. The molecule has 2 aromatic rings. The van der Waals surface area contributed by atoms with Crippen molar-refractivity contribution in [3.05, 3.63) is 52.0 Å². The van der Waals surface area contributed by atoms with Gasteiger partial charge in [0, 0.05) is 10.0 Å². The first-order valence-corrected chi connectivity index (χ1v) is 8.41. The van der Waals surface area contributed by atoms with Crippen LogP contribution in [0.3, 0.4) is 0 Å². The summed E-state index contributed by atoms with van der Waals surface area (Å²) in [7, 11) is 1.59. The number of hydrogen-bond donors (Lipinski definition) is 1. The van der Waals surface area contributed by atoms with Gasteiger partial charge < -0.3 is 19.5 Å². The molecule has 1 amide bonds. The van der Waals surface area contributed by atoms with E-state index in [1.54, 1.807) is 31.4 Å². The Morgan fingerprint density at radius 2 is 1.79 bits per heavy atom. The third-order valence-electron chi connectivity index (χ3n) is 3.83. The summed E-state index contributed by atoms with van der Waals surface area (Å²) in [4.78, 5) is 12.4. The summed E-state index contributed by atoms with van der Waals surface area (Å²) < 4.78 is 17.1. The Labute approximate surface area is 149 Å². The molecular weight excluding hydrogens is 374 g/mol. The highest BCUT2D eigenvalue weighted by atomic mass is 79.9. The Kier molecular flexibility index (Phi) is 4.94. The molecule has 0 fully saturated rings. The van der Waals surface area contributed by atoms with Gasteiger partial charge in [-0.05, 0) is 48.9 Å². The minimum absolute atomic E-state index is 0.146. The maximum atomic E-state index is 12.4. The van der Waals surface area contributed by atoms with Crippen molar-refractivity contribution in [2.75, 3.05) is 20.3 Å². The molecule has 1 aliphatic heterocycles. The third kappa shape index (κ3) is 3.48. The number of ether oxygens (including phenoxy) is 3. The fraction of sp³-hybridized carbons (Fsp3) is 0.278. The lowest BCUT2D eigenvalue weighted by atomic mass is 10.1. The molecule has 1 atom stereocenters. The molecule has 0 bridgehead atoms. The highest BCUT2D eigenvalue weighted by molar-refractivity contribution is 9.10.